The summed E-state index contributed by atoms with van der Waals surface area (Å²) in [7, 11) is 1.70. The van der Waals surface area contributed by atoms with Gasteiger partial charge in [-0.15, -0.1) is 0 Å². The second-order valence-corrected chi connectivity index (χ2v) is 6.90. The van der Waals surface area contributed by atoms with Gasteiger partial charge < -0.3 is 14.5 Å². The Bertz CT molecular complexity index is 455. The average Bonchev–Trinajstić information content (AvgIpc) is 2.94. The summed E-state index contributed by atoms with van der Waals surface area (Å²) in [4.78, 5) is 39.5. The number of hydrogen-bond acceptors (Lipinski definition) is 4. The zero-order valence-corrected chi connectivity index (χ0v) is 13.2. The molecule has 0 radical (unpaired) electrons. The van der Waals surface area contributed by atoms with Crippen molar-refractivity contribution in [2.24, 2.45) is 5.92 Å². The van der Waals surface area contributed by atoms with Crippen molar-refractivity contribution in [3.63, 3.8) is 0 Å². The van der Waals surface area contributed by atoms with Crippen LogP contribution < -0.4 is 0 Å². The number of likely N-dealkylation sites (tertiary alicyclic amines) is 2. The first-order chi connectivity index (χ1) is 9.69. The lowest BCUT2D eigenvalue weighted by atomic mass is 10.1. The van der Waals surface area contributed by atoms with Crippen molar-refractivity contribution in [1.82, 2.24) is 9.80 Å². The first-order valence-corrected chi connectivity index (χ1v) is 7.46. The van der Waals surface area contributed by atoms with Gasteiger partial charge in [0.05, 0.1) is 5.92 Å². The first-order valence-electron chi connectivity index (χ1n) is 7.46. The lowest BCUT2D eigenvalue weighted by Gasteiger charge is -2.28. The van der Waals surface area contributed by atoms with Crippen molar-refractivity contribution in [1.29, 1.82) is 0 Å². The molecule has 0 aromatic carbocycles. The van der Waals surface area contributed by atoms with E-state index in [1.807, 2.05) is 20.8 Å². The van der Waals surface area contributed by atoms with Gasteiger partial charge >= 0.3 is 5.97 Å². The van der Waals surface area contributed by atoms with Crippen molar-refractivity contribution in [3.05, 3.63) is 0 Å². The molecule has 2 aliphatic heterocycles. The standard InChI is InChI=1S/C15H24N2O4/c1-15(2,3)21-14(20)11-6-5-7-17(11)13(19)10-8-12(18)16(4)9-10/h10-11H,5-9H2,1-4H3/t10?,11-/m0/s1. The van der Waals surface area contributed by atoms with Gasteiger partial charge in [-0.2, -0.15) is 0 Å². The number of hydrogen-bond donors (Lipinski definition) is 0. The van der Waals surface area contributed by atoms with Crippen molar-refractivity contribution in [2.45, 2.75) is 51.7 Å². The Labute approximate surface area is 125 Å². The molecule has 2 amide bonds. The molecule has 1 unspecified atom stereocenters. The summed E-state index contributed by atoms with van der Waals surface area (Å²) in [5.41, 5.74) is -0.558. The quantitative estimate of drug-likeness (QED) is 0.707. The number of rotatable bonds is 2. The normalized spacial score (nSPS) is 26.4. The number of nitrogens with zero attached hydrogens (tertiary/aromatic N) is 2. The molecule has 0 aromatic rings. The van der Waals surface area contributed by atoms with E-state index in [4.69, 9.17) is 4.74 Å². The van der Waals surface area contributed by atoms with E-state index in [1.165, 1.54) is 0 Å². The molecule has 118 valence electrons. The van der Waals surface area contributed by atoms with Crippen LogP contribution in [0.2, 0.25) is 0 Å². The van der Waals surface area contributed by atoms with Gasteiger partial charge in [-0.1, -0.05) is 0 Å². The molecule has 0 aliphatic carbocycles. The van der Waals surface area contributed by atoms with Gasteiger partial charge in [0.25, 0.3) is 0 Å². The zero-order valence-electron chi connectivity index (χ0n) is 13.2. The van der Waals surface area contributed by atoms with E-state index in [0.29, 0.717) is 19.5 Å². The van der Waals surface area contributed by atoms with E-state index < -0.39 is 11.6 Å². The summed E-state index contributed by atoms with van der Waals surface area (Å²) >= 11 is 0. The lowest BCUT2D eigenvalue weighted by Crippen LogP contribution is -2.46. The number of ether oxygens (including phenoxy) is 1. The van der Waals surface area contributed by atoms with Crippen LogP contribution in [0.5, 0.6) is 0 Å². The molecule has 2 heterocycles. The maximum Gasteiger partial charge on any atom is 0.329 e. The van der Waals surface area contributed by atoms with Crippen LogP contribution in [-0.2, 0) is 19.1 Å². The lowest BCUT2D eigenvalue weighted by molar-refractivity contribution is -0.163. The molecule has 0 aromatic heterocycles. The van der Waals surface area contributed by atoms with Crippen LogP contribution in [0.4, 0.5) is 0 Å². The molecule has 2 aliphatic rings. The molecule has 0 bridgehead atoms. The van der Waals surface area contributed by atoms with Crippen molar-refractivity contribution < 1.29 is 19.1 Å². The average molecular weight is 296 g/mol. The second kappa shape index (κ2) is 5.66. The predicted molar refractivity (Wildman–Crippen MR) is 76.3 cm³/mol. The van der Waals surface area contributed by atoms with Crippen molar-refractivity contribution >= 4 is 17.8 Å². The van der Waals surface area contributed by atoms with Gasteiger partial charge in [0.15, 0.2) is 0 Å². The van der Waals surface area contributed by atoms with Crippen molar-refractivity contribution in [2.75, 3.05) is 20.1 Å². The van der Waals surface area contributed by atoms with E-state index in [0.717, 1.165) is 6.42 Å². The highest BCUT2D eigenvalue weighted by atomic mass is 16.6. The first kappa shape index (κ1) is 15.8. The molecule has 6 heteroatoms. The van der Waals surface area contributed by atoms with Crippen LogP contribution in [-0.4, -0.2) is 59.4 Å². The number of carbonyl (C=O) groups excluding carboxylic acids is 3. The molecule has 6 nitrogen and oxygen atoms in total. The van der Waals surface area contributed by atoms with Gasteiger partial charge in [0.2, 0.25) is 11.8 Å². The molecular formula is C15H24N2O4. The number of amides is 2. The maximum absolute atomic E-state index is 12.6. The van der Waals surface area contributed by atoms with Gasteiger partial charge in [-0.3, -0.25) is 9.59 Å². The minimum Gasteiger partial charge on any atom is -0.458 e. The molecule has 21 heavy (non-hydrogen) atoms. The fraction of sp³-hybridized carbons (Fsp3) is 0.800. The minimum absolute atomic E-state index is 0.0126. The van der Waals surface area contributed by atoms with E-state index >= 15 is 0 Å². The summed E-state index contributed by atoms with van der Waals surface area (Å²) in [6.45, 7) is 6.45. The van der Waals surface area contributed by atoms with Crippen molar-refractivity contribution in [3.8, 4) is 0 Å². The van der Waals surface area contributed by atoms with Crippen LogP contribution in [0.25, 0.3) is 0 Å². The highest BCUT2D eigenvalue weighted by Crippen LogP contribution is 2.26. The Morgan fingerprint density at radius 2 is 1.95 bits per heavy atom. The molecule has 2 rings (SSSR count). The van der Waals surface area contributed by atoms with E-state index in [1.54, 1.807) is 16.8 Å². The third kappa shape index (κ3) is 3.54. The highest BCUT2D eigenvalue weighted by molar-refractivity contribution is 5.91. The monoisotopic (exact) mass is 296 g/mol. The SMILES string of the molecule is CN1CC(C(=O)N2CCC[C@H]2C(=O)OC(C)(C)C)CC1=O. The third-order valence-corrected chi connectivity index (χ3v) is 3.90. The van der Waals surface area contributed by atoms with Crippen LogP contribution in [0.3, 0.4) is 0 Å². The molecule has 0 saturated carbocycles. The van der Waals surface area contributed by atoms with Gasteiger partial charge in [0.1, 0.15) is 11.6 Å². The van der Waals surface area contributed by atoms with Crippen LogP contribution in [0.15, 0.2) is 0 Å². The largest absolute Gasteiger partial charge is 0.458 e. The molecule has 0 spiro atoms. The smallest absolute Gasteiger partial charge is 0.329 e. The Hall–Kier alpha value is -1.59. The molecule has 0 N–H and O–H groups in total. The third-order valence-electron chi connectivity index (χ3n) is 3.90. The van der Waals surface area contributed by atoms with Crippen LogP contribution in [0.1, 0.15) is 40.0 Å². The zero-order chi connectivity index (χ0) is 15.8. The molecule has 2 fully saturated rings. The summed E-state index contributed by atoms with van der Waals surface area (Å²) < 4.78 is 5.40. The Morgan fingerprint density at radius 1 is 1.29 bits per heavy atom. The minimum atomic E-state index is -0.558. The number of carbonyl (C=O) groups is 3. The van der Waals surface area contributed by atoms with Crippen LogP contribution in [0, 0.1) is 5.92 Å². The summed E-state index contributed by atoms with van der Waals surface area (Å²) in [6.07, 6.45) is 1.68. The van der Waals surface area contributed by atoms with E-state index in [-0.39, 0.29) is 30.1 Å². The topological polar surface area (TPSA) is 66.9 Å². The Balaban J connectivity index is 2.03. The van der Waals surface area contributed by atoms with E-state index in [2.05, 4.69) is 0 Å². The second-order valence-electron chi connectivity index (χ2n) is 6.90. The highest BCUT2D eigenvalue weighted by Gasteiger charge is 2.42. The Kier molecular flexibility index (Phi) is 4.25. The number of esters is 1. The van der Waals surface area contributed by atoms with Gasteiger partial charge in [-0.05, 0) is 33.6 Å². The van der Waals surface area contributed by atoms with Gasteiger partial charge in [-0.25, -0.2) is 4.79 Å². The Morgan fingerprint density at radius 3 is 2.48 bits per heavy atom. The summed E-state index contributed by atoms with van der Waals surface area (Å²) in [5.74, 6) is -0.779. The fourth-order valence-electron chi connectivity index (χ4n) is 2.91. The summed E-state index contributed by atoms with van der Waals surface area (Å²) in [6, 6.07) is -0.502. The molecule has 2 saturated heterocycles. The van der Waals surface area contributed by atoms with E-state index in [9.17, 15) is 14.4 Å². The fourth-order valence-corrected chi connectivity index (χ4v) is 2.91. The molecular weight excluding hydrogens is 272 g/mol. The molecule has 2 atom stereocenters. The predicted octanol–water partition coefficient (Wildman–Crippen LogP) is 0.797. The van der Waals surface area contributed by atoms with Crippen LogP contribution >= 0.6 is 0 Å². The summed E-state index contributed by atoms with van der Waals surface area (Å²) in [5, 5.41) is 0. The maximum atomic E-state index is 12.6. The van der Waals surface area contributed by atoms with Gasteiger partial charge in [0, 0.05) is 26.6 Å².